The van der Waals surface area contributed by atoms with Crippen LogP contribution in [0, 0.1) is 0 Å². The summed E-state index contributed by atoms with van der Waals surface area (Å²) in [6.45, 7) is 13.8. The molecule has 6 aromatic rings. The molecule has 0 N–H and O–H groups in total. The van der Waals surface area contributed by atoms with E-state index in [0.29, 0.717) is 0 Å². The van der Waals surface area contributed by atoms with Crippen molar-refractivity contribution in [1.29, 1.82) is 0 Å². The molecule has 2 aliphatic rings. The summed E-state index contributed by atoms with van der Waals surface area (Å²) in [6, 6.07) is 53.8. The van der Waals surface area contributed by atoms with Crippen LogP contribution >= 0.6 is 0 Å². The number of anilines is 6. The molecule has 0 aromatic heterocycles. The van der Waals surface area contributed by atoms with Gasteiger partial charge in [0.2, 0.25) is 0 Å². The van der Waals surface area contributed by atoms with E-state index in [4.69, 9.17) is 0 Å². The van der Waals surface area contributed by atoms with Crippen LogP contribution in [0.25, 0.3) is 11.1 Å². The Kier molecular flexibility index (Phi) is 6.96. The molecule has 2 aliphatic heterocycles. The molecule has 0 amide bonds. The first kappa shape index (κ1) is 30.0. The summed E-state index contributed by atoms with van der Waals surface area (Å²) >= 11 is 0. The SMILES string of the molecule is CC(C)(C)c1ccc2c(c1)N(c1ccccc1)c1ccccc1/C2=C1/c2ccccc2N(c2ccccc2)c2cc(C(C)(C)C)ccc21. The van der Waals surface area contributed by atoms with Gasteiger partial charge in [0, 0.05) is 44.8 Å². The van der Waals surface area contributed by atoms with Gasteiger partial charge in [-0.25, -0.2) is 0 Å². The van der Waals surface area contributed by atoms with E-state index in [-0.39, 0.29) is 10.8 Å². The Morgan fingerprint density at radius 2 is 0.667 bits per heavy atom. The monoisotopic (exact) mass is 622 g/mol. The Balaban J connectivity index is 1.52. The average molecular weight is 623 g/mol. The second-order valence-electron chi connectivity index (χ2n) is 15.1. The fraction of sp³-hybridized carbons (Fsp3) is 0.174. The molecule has 0 unspecified atom stereocenters. The summed E-state index contributed by atoms with van der Waals surface area (Å²) in [5.74, 6) is 0. The molecule has 0 saturated carbocycles. The minimum atomic E-state index is 0.00520. The highest BCUT2D eigenvalue weighted by Crippen LogP contribution is 2.57. The zero-order valence-corrected chi connectivity index (χ0v) is 28.8. The van der Waals surface area contributed by atoms with Crippen LogP contribution in [0.2, 0.25) is 0 Å². The van der Waals surface area contributed by atoms with Gasteiger partial charge in [-0.05, 0) is 70.5 Å². The molecule has 0 bridgehead atoms. The van der Waals surface area contributed by atoms with Crippen molar-refractivity contribution >= 4 is 45.3 Å². The smallest absolute Gasteiger partial charge is 0.0543 e. The van der Waals surface area contributed by atoms with Gasteiger partial charge in [0.1, 0.15) is 0 Å². The van der Waals surface area contributed by atoms with Crippen LogP contribution in [0.4, 0.5) is 34.1 Å². The summed E-state index contributed by atoms with van der Waals surface area (Å²) in [5.41, 5.74) is 17.3. The van der Waals surface area contributed by atoms with Crippen molar-refractivity contribution < 1.29 is 0 Å². The molecule has 0 aliphatic carbocycles. The lowest BCUT2D eigenvalue weighted by Crippen LogP contribution is -2.23. The summed E-state index contributed by atoms with van der Waals surface area (Å²) in [7, 11) is 0. The third-order valence-electron chi connectivity index (χ3n) is 9.86. The normalized spacial score (nSPS) is 15.4. The molecular weight excluding hydrogens is 581 g/mol. The number of nitrogens with zero attached hydrogens (tertiary/aromatic N) is 2. The Hall–Kier alpha value is -5.34. The summed E-state index contributed by atoms with van der Waals surface area (Å²) in [5, 5.41) is 0. The number of fused-ring (bicyclic) bond motifs is 4. The van der Waals surface area contributed by atoms with Crippen LogP contribution in [-0.2, 0) is 10.8 Å². The van der Waals surface area contributed by atoms with E-state index in [1.807, 2.05) is 0 Å². The fourth-order valence-electron chi connectivity index (χ4n) is 7.35. The number of rotatable bonds is 2. The first-order chi connectivity index (χ1) is 23.1. The Morgan fingerprint density at radius 3 is 1.04 bits per heavy atom. The van der Waals surface area contributed by atoms with Crippen LogP contribution < -0.4 is 9.80 Å². The highest BCUT2D eigenvalue weighted by Gasteiger charge is 2.36. The largest absolute Gasteiger partial charge is 0.309 e. The Bertz CT molecular complexity index is 2040. The van der Waals surface area contributed by atoms with E-state index in [2.05, 4.69) is 197 Å². The summed E-state index contributed by atoms with van der Waals surface area (Å²) < 4.78 is 0. The highest BCUT2D eigenvalue weighted by molar-refractivity contribution is 6.17. The van der Waals surface area contributed by atoms with Gasteiger partial charge in [-0.15, -0.1) is 0 Å². The minimum Gasteiger partial charge on any atom is -0.309 e. The van der Waals surface area contributed by atoms with Crippen molar-refractivity contribution in [3.8, 4) is 0 Å². The van der Waals surface area contributed by atoms with E-state index < -0.39 is 0 Å². The van der Waals surface area contributed by atoms with E-state index in [0.717, 1.165) is 11.4 Å². The molecule has 236 valence electrons. The number of para-hydroxylation sites is 4. The predicted octanol–water partition coefficient (Wildman–Crippen LogP) is 12.9. The molecule has 8 rings (SSSR count). The van der Waals surface area contributed by atoms with Crippen LogP contribution in [0.1, 0.15) is 74.9 Å². The third-order valence-corrected chi connectivity index (χ3v) is 9.86. The summed E-state index contributed by atoms with van der Waals surface area (Å²) in [4.78, 5) is 4.91. The maximum absolute atomic E-state index is 2.46. The molecule has 0 saturated heterocycles. The Morgan fingerprint density at radius 1 is 0.333 bits per heavy atom. The van der Waals surface area contributed by atoms with Crippen molar-refractivity contribution in [2.45, 2.75) is 52.4 Å². The first-order valence-corrected chi connectivity index (χ1v) is 17.0. The number of hydrogen-bond donors (Lipinski definition) is 0. The van der Waals surface area contributed by atoms with Crippen LogP contribution in [0.15, 0.2) is 146 Å². The van der Waals surface area contributed by atoms with Crippen LogP contribution in [0.5, 0.6) is 0 Å². The van der Waals surface area contributed by atoms with E-state index in [1.54, 1.807) is 0 Å². The van der Waals surface area contributed by atoms with Gasteiger partial charge in [-0.2, -0.15) is 0 Å². The average Bonchev–Trinajstić information content (AvgIpc) is 3.09. The molecule has 0 atom stereocenters. The predicted molar refractivity (Wildman–Crippen MR) is 205 cm³/mol. The quantitative estimate of drug-likeness (QED) is 0.189. The molecule has 2 heteroatoms. The fourth-order valence-corrected chi connectivity index (χ4v) is 7.35. The lowest BCUT2D eigenvalue weighted by atomic mass is 9.77. The van der Waals surface area contributed by atoms with Gasteiger partial charge < -0.3 is 9.80 Å². The standard InChI is InChI=1S/C46H42N2/c1-45(2,3)31-25-27-37-41(29-31)47(33-17-9-7-10-18-33)39-23-15-13-21-35(39)43(37)44-36-22-14-16-24-40(36)48(34-19-11-8-12-20-34)42-30-32(46(4,5)6)26-28-38(42)44/h7-30H,1-6H3/b44-43+. The second-order valence-corrected chi connectivity index (χ2v) is 15.1. The summed E-state index contributed by atoms with van der Waals surface area (Å²) in [6.07, 6.45) is 0. The third kappa shape index (κ3) is 4.86. The van der Waals surface area contributed by atoms with Gasteiger partial charge in [-0.3, -0.25) is 0 Å². The molecule has 48 heavy (non-hydrogen) atoms. The van der Waals surface area contributed by atoms with Gasteiger partial charge in [-0.1, -0.05) is 139 Å². The van der Waals surface area contributed by atoms with Gasteiger partial charge in [0.15, 0.2) is 0 Å². The Labute approximate surface area is 285 Å². The van der Waals surface area contributed by atoms with E-state index in [9.17, 15) is 0 Å². The molecule has 0 fully saturated rings. The highest BCUT2D eigenvalue weighted by atomic mass is 15.2. The molecule has 2 heterocycles. The number of benzene rings is 6. The van der Waals surface area contributed by atoms with Crippen molar-refractivity contribution in [2.75, 3.05) is 9.80 Å². The molecular formula is C46H42N2. The minimum absolute atomic E-state index is 0.00520. The molecule has 0 radical (unpaired) electrons. The first-order valence-electron chi connectivity index (χ1n) is 17.0. The van der Waals surface area contributed by atoms with Gasteiger partial charge >= 0.3 is 0 Å². The molecule has 2 nitrogen and oxygen atoms in total. The van der Waals surface area contributed by atoms with Crippen LogP contribution in [0.3, 0.4) is 0 Å². The van der Waals surface area contributed by atoms with Gasteiger partial charge in [0.25, 0.3) is 0 Å². The second kappa shape index (κ2) is 11.1. The van der Waals surface area contributed by atoms with E-state index in [1.165, 1.54) is 67.3 Å². The van der Waals surface area contributed by atoms with Crippen molar-refractivity contribution in [3.05, 3.63) is 179 Å². The van der Waals surface area contributed by atoms with Crippen molar-refractivity contribution in [2.24, 2.45) is 0 Å². The van der Waals surface area contributed by atoms with Crippen molar-refractivity contribution in [3.63, 3.8) is 0 Å². The van der Waals surface area contributed by atoms with E-state index >= 15 is 0 Å². The zero-order valence-electron chi connectivity index (χ0n) is 28.8. The lowest BCUT2D eigenvalue weighted by Gasteiger charge is -2.40. The lowest BCUT2D eigenvalue weighted by molar-refractivity contribution is 0.590. The van der Waals surface area contributed by atoms with Crippen LogP contribution in [-0.4, -0.2) is 0 Å². The maximum atomic E-state index is 2.46. The van der Waals surface area contributed by atoms with Crippen molar-refractivity contribution in [1.82, 2.24) is 0 Å². The molecule has 6 aromatic carbocycles. The van der Waals surface area contributed by atoms with Gasteiger partial charge in [0.05, 0.1) is 22.7 Å². The maximum Gasteiger partial charge on any atom is 0.0543 e. The zero-order chi connectivity index (χ0) is 33.2. The molecule has 0 spiro atoms. The number of hydrogen-bond acceptors (Lipinski definition) is 2. The topological polar surface area (TPSA) is 6.48 Å².